The van der Waals surface area contributed by atoms with Crippen LogP contribution in [-0.4, -0.2) is 21.5 Å². The first-order valence-corrected chi connectivity index (χ1v) is 6.89. The zero-order chi connectivity index (χ0) is 13.7. The highest BCUT2D eigenvalue weighted by Gasteiger charge is 2.10. The van der Waals surface area contributed by atoms with E-state index >= 15 is 0 Å². The minimum Gasteiger partial charge on any atom is -0.396 e. The van der Waals surface area contributed by atoms with Crippen molar-refractivity contribution in [3.63, 3.8) is 0 Å². The number of hydrogen-bond donors (Lipinski definition) is 1. The van der Waals surface area contributed by atoms with Gasteiger partial charge < -0.3 is 5.11 Å². The van der Waals surface area contributed by atoms with Crippen LogP contribution in [0.1, 0.15) is 17.7 Å². The lowest BCUT2D eigenvalue weighted by atomic mass is 9.95. The predicted molar refractivity (Wildman–Crippen MR) is 77.3 cm³/mol. The Morgan fingerprint density at radius 3 is 2.58 bits per heavy atom. The molecule has 19 heavy (non-hydrogen) atoms. The minimum absolute atomic E-state index is 0.209. The van der Waals surface area contributed by atoms with E-state index in [0.29, 0.717) is 0 Å². The lowest BCUT2D eigenvalue weighted by Crippen LogP contribution is -2.12. The number of halogens is 1. The van der Waals surface area contributed by atoms with E-state index in [9.17, 15) is 5.11 Å². The number of hydrogen-bond acceptors (Lipinski definition) is 2. The molecule has 2 aromatic rings. The average Bonchev–Trinajstić information content (AvgIpc) is 2.82. The van der Waals surface area contributed by atoms with Crippen LogP contribution in [0.2, 0.25) is 5.02 Å². The van der Waals surface area contributed by atoms with Gasteiger partial charge in [0.25, 0.3) is 0 Å². The summed E-state index contributed by atoms with van der Waals surface area (Å²) in [7, 11) is 1.95. The van der Waals surface area contributed by atoms with Crippen molar-refractivity contribution in [3.8, 4) is 0 Å². The maximum Gasteiger partial charge on any atom is 0.0492 e. The molecule has 0 amide bonds. The standard InChI is InChI=1S/C15H19ClN2O/c1-18-15(8-9-17-18)7-4-13(11-19)10-12-2-5-14(16)6-3-12/h2-3,5-6,8-9,13,19H,4,7,10-11H2,1H3. The third kappa shape index (κ3) is 4.08. The second-order valence-electron chi connectivity index (χ2n) is 4.86. The van der Waals surface area contributed by atoms with Crippen molar-refractivity contribution in [2.24, 2.45) is 13.0 Å². The normalized spacial score (nSPS) is 12.6. The summed E-state index contributed by atoms with van der Waals surface area (Å²) in [5.41, 5.74) is 2.42. The van der Waals surface area contributed by atoms with Crippen LogP contribution in [-0.2, 0) is 19.9 Å². The Bertz CT molecular complexity index is 507. The van der Waals surface area contributed by atoms with E-state index in [1.54, 1.807) is 0 Å². The molecule has 0 aliphatic heterocycles. The Morgan fingerprint density at radius 1 is 1.26 bits per heavy atom. The number of benzene rings is 1. The van der Waals surface area contributed by atoms with Gasteiger partial charge in [0.1, 0.15) is 0 Å². The Balaban J connectivity index is 1.90. The van der Waals surface area contributed by atoms with E-state index in [1.165, 1.54) is 11.3 Å². The molecule has 0 fully saturated rings. The van der Waals surface area contributed by atoms with Crippen molar-refractivity contribution >= 4 is 11.6 Å². The van der Waals surface area contributed by atoms with Gasteiger partial charge in [-0.05, 0) is 48.9 Å². The van der Waals surface area contributed by atoms with Gasteiger partial charge in [-0.25, -0.2) is 0 Å². The smallest absolute Gasteiger partial charge is 0.0492 e. The lowest BCUT2D eigenvalue weighted by Gasteiger charge is -2.14. The van der Waals surface area contributed by atoms with Crippen LogP contribution in [0, 0.1) is 5.92 Å². The van der Waals surface area contributed by atoms with Gasteiger partial charge >= 0.3 is 0 Å². The maximum absolute atomic E-state index is 9.49. The summed E-state index contributed by atoms with van der Waals surface area (Å²) in [6, 6.07) is 9.86. The van der Waals surface area contributed by atoms with Gasteiger partial charge in [0, 0.05) is 30.6 Å². The molecule has 1 N–H and O–H groups in total. The number of aliphatic hydroxyl groups excluding tert-OH is 1. The Hall–Kier alpha value is -1.32. The molecule has 4 heteroatoms. The van der Waals surface area contributed by atoms with Gasteiger partial charge in [-0.2, -0.15) is 5.10 Å². The van der Waals surface area contributed by atoms with Crippen molar-refractivity contribution in [1.82, 2.24) is 9.78 Å². The minimum atomic E-state index is 0.209. The molecule has 0 saturated carbocycles. The number of aliphatic hydroxyl groups is 1. The predicted octanol–water partition coefficient (Wildman–Crippen LogP) is 2.86. The van der Waals surface area contributed by atoms with E-state index in [-0.39, 0.29) is 12.5 Å². The van der Waals surface area contributed by atoms with Crippen LogP contribution in [0.3, 0.4) is 0 Å². The van der Waals surface area contributed by atoms with Crippen molar-refractivity contribution < 1.29 is 5.11 Å². The summed E-state index contributed by atoms with van der Waals surface area (Å²) in [4.78, 5) is 0. The lowest BCUT2D eigenvalue weighted by molar-refractivity contribution is 0.217. The number of rotatable bonds is 6. The van der Waals surface area contributed by atoms with Crippen molar-refractivity contribution in [3.05, 3.63) is 52.8 Å². The van der Waals surface area contributed by atoms with Crippen LogP contribution in [0.4, 0.5) is 0 Å². The summed E-state index contributed by atoms with van der Waals surface area (Å²) >= 11 is 5.87. The molecule has 0 bridgehead atoms. The second-order valence-corrected chi connectivity index (χ2v) is 5.30. The summed E-state index contributed by atoms with van der Waals surface area (Å²) in [6.07, 6.45) is 4.59. The fraction of sp³-hybridized carbons (Fsp3) is 0.400. The third-order valence-electron chi connectivity index (χ3n) is 3.43. The highest BCUT2D eigenvalue weighted by molar-refractivity contribution is 6.30. The maximum atomic E-state index is 9.49. The van der Waals surface area contributed by atoms with Gasteiger partial charge in [-0.3, -0.25) is 4.68 Å². The summed E-state index contributed by atoms with van der Waals surface area (Å²) < 4.78 is 1.89. The Kier molecular flexibility index (Phi) is 5.00. The van der Waals surface area contributed by atoms with Gasteiger partial charge in [0.15, 0.2) is 0 Å². The molecule has 0 aliphatic rings. The second kappa shape index (κ2) is 6.73. The quantitative estimate of drug-likeness (QED) is 0.882. The molecule has 1 atom stereocenters. The summed E-state index contributed by atoms with van der Waals surface area (Å²) in [5, 5.41) is 14.4. The molecular weight excluding hydrogens is 260 g/mol. The molecule has 1 aromatic heterocycles. The monoisotopic (exact) mass is 278 g/mol. The van der Waals surface area contributed by atoms with E-state index in [4.69, 9.17) is 11.6 Å². The first-order chi connectivity index (χ1) is 9.19. The SMILES string of the molecule is Cn1nccc1CCC(CO)Cc1ccc(Cl)cc1. The first-order valence-electron chi connectivity index (χ1n) is 6.51. The largest absolute Gasteiger partial charge is 0.396 e. The molecule has 2 rings (SSSR count). The van der Waals surface area contributed by atoms with Crippen molar-refractivity contribution in [2.45, 2.75) is 19.3 Å². The van der Waals surface area contributed by atoms with Gasteiger partial charge in [-0.1, -0.05) is 23.7 Å². The van der Waals surface area contributed by atoms with Gasteiger partial charge in [0.2, 0.25) is 0 Å². The number of aromatic nitrogens is 2. The fourth-order valence-corrected chi connectivity index (χ4v) is 2.34. The van der Waals surface area contributed by atoms with Crippen LogP contribution in [0.5, 0.6) is 0 Å². The van der Waals surface area contributed by atoms with Gasteiger partial charge in [0.05, 0.1) is 0 Å². The van der Waals surface area contributed by atoms with Crippen LogP contribution < -0.4 is 0 Å². The van der Waals surface area contributed by atoms with Crippen molar-refractivity contribution in [2.75, 3.05) is 6.61 Å². The Labute approximate surface area is 118 Å². The van der Waals surface area contributed by atoms with E-state index in [1.807, 2.05) is 48.3 Å². The first kappa shape index (κ1) is 14.1. The highest BCUT2D eigenvalue weighted by atomic mass is 35.5. The van der Waals surface area contributed by atoms with E-state index in [0.717, 1.165) is 24.3 Å². The van der Waals surface area contributed by atoms with Gasteiger partial charge in [-0.15, -0.1) is 0 Å². The van der Waals surface area contributed by atoms with E-state index < -0.39 is 0 Å². The number of nitrogens with zero attached hydrogens (tertiary/aromatic N) is 2. The molecule has 0 saturated heterocycles. The van der Waals surface area contributed by atoms with Crippen LogP contribution >= 0.6 is 11.6 Å². The van der Waals surface area contributed by atoms with Crippen molar-refractivity contribution in [1.29, 1.82) is 0 Å². The zero-order valence-corrected chi connectivity index (χ0v) is 11.8. The molecule has 0 spiro atoms. The molecule has 0 radical (unpaired) electrons. The summed E-state index contributed by atoms with van der Waals surface area (Å²) in [6.45, 7) is 0.209. The summed E-state index contributed by atoms with van der Waals surface area (Å²) in [5.74, 6) is 0.274. The molecular formula is C15H19ClN2O. The fourth-order valence-electron chi connectivity index (χ4n) is 2.21. The molecule has 3 nitrogen and oxygen atoms in total. The molecule has 1 unspecified atom stereocenters. The Morgan fingerprint density at radius 2 is 2.00 bits per heavy atom. The van der Waals surface area contributed by atoms with E-state index in [2.05, 4.69) is 5.10 Å². The molecule has 102 valence electrons. The molecule has 1 aromatic carbocycles. The van der Waals surface area contributed by atoms with Crippen LogP contribution in [0.15, 0.2) is 36.5 Å². The topological polar surface area (TPSA) is 38.0 Å². The molecule has 1 heterocycles. The average molecular weight is 279 g/mol. The third-order valence-corrected chi connectivity index (χ3v) is 3.68. The molecule has 0 aliphatic carbocycles. The number of aryl methyl sites for hydroxylation is 2. The highest BCUT2D eigenvalue weighted by Crippen LogP contribution is 2.17. The zero-order valence-electron chi connectivity index (χ0n) is 11.1. The van der Waals surface area contributed by atoms with Crippen LogP contribution in [0.25, 0.3) is 0 Å².